The van der Waals surface area contributed by atoms with Gasteiger partial charge in [-0.25, -0.2) is 8.42 Å². The molecule has 0 atom stereocenters. The molecule has 0 radical (unpaired) electrons. The average Bonchev–Trinajstić information content (AvgIpc) is 2.47. The first-order valence-electron chi connectivity index (χ1n) is 7.11. The third-order valence-electron chi connectivity index (χ3n) is 3.70. The quantitative estimate of drug-likeness (QED) is 0.630. The molecule has 1 saturated heterocycles. The number of nitrogens with zero attached hydrogens (tertiary/aromatic N) is 2. The van der Waals surface area contributed by atoms with Gasteiger partial charge in [0.25, 0.3) is 0 Å². The molecule has 21 heavy (non-hydrogen) atoms. The minimum absolute atomic E-state index is 0.205. The molecular weight excluding hydrogens is 288 g/mol. The van der Waals surface area contributed by atoms with Gasteiger partial charge in [0.05, 0.1) is 5.75 Å². The molecule has 0 saturated carbocycles. The Hall–Kier alpha value is -1.60. The predicted molar refractivity (Wildman–Crippen MR) is 86.6 cm³/mol. The van der Waals surface area contributed by atoms with E-state index in [-0.39, 0.29) is 5.75 Å². The Morgan fingerprint density at radius 1 is 1.29 bits per heavy atom. The van der Waals surface area contributed by atoms with Gasteiger partial charge in [-0.3, -0.25) is 0 Å². The van der Waals surface area contributed by atoms with E-state index in [0.29, 0.717) is 43.9 Å². The number of nitrogens with two attached hydrogens (primary N) is 1. The van der Waals surface area contributed by atoms with Crippen molar-refractivity contribution < 1.29 is 8.42 Å². The van der Waals surface area contributed by atoms with E-state index in [0.717, 1.165) is 5.69 Å². The van der Waals surface area contributed by atoms with E-state index >= 15 is 0 Å². The number of anilines is 2. The summed E-state index contributed by atoms with van der Waals surface area (Å²) in [5.41, 5.74) is 8.06. The van der Waals surface area contributed by atoms with Crippen molar-refractivity contribution in [2.75, 3.05) is 42.6 Å². The lowest BCUT2D eigenvalue weighted by Gasteiger charge is -2.36. The van der Waals surface area contributed by atoms with E-state index in [4.69, 9.17) is 11.1 Å². The molecule has 0 amide bonds. The van der Waals surface area contributed by atoms with Crippen LogP contribution in [0, 0.1) is 5.41 Å². The Balaban J connectivity index is 2.12. The second-order valence-electron chi connectivity index (χ2n) is 5.13. The molecular formula is C14H22N4O2S. The fraction of sp³-hybridized carbons (Fsp3) is 0.500. The zero-order chi connectivity index (χ0) is 15.5. The van der Waals surface area contributed by atoms with Crippen molar-refractivity contribution in [1.82, 2.24) is 4.31 Å². The monoisotopic (exact) mass is 310 g/mol. The maximum absolute atomic E-state index is 12.1. The van der Waals surface area contributed by atoms with Gasteiger partial charge in [-0.1, -0.05) is 13.0 Å². The first-order valence-corrected chi connectivity index (χ1v) is 8.72. The minimum Gasteiger partial charge on any atom is -0.398 e. The lowest BCUT2D eigenvalue weighted by Crippen LogP contribution is -2.49. The van der Waals surface area contributed by atoms with Gasteiger partial charge in [-0.15, -0.1) is 0 Å². The molecule has 1 aromatic rings. The smallest absolute Gasteiger partial charge is 0.214 e. The largest absolute Gasteiger partial charge is 0.398 e. The van der Waals surface area contributed by atoms with Gasteiger partial charge in [0.15, 0.2) is 0 Å². The highest BCUT2D eigenvalue weighted by Gasteiger charge is 2.27. The van der Waals surface area contributed by atoms with Gasteiger partial charge >= 0.3 is 0 Å². The molecule has 7 heteroatoms. The van der Waals surface area contributed by atoms with E-state index in [1.807, 2.05) is 19.1 Å². The van der Waals surface area contributed by atoms with Crippen LogP contribution in [0.2, 0.25) is 0 Å². The Kier molecular flexibility index (Phi) is 4.84. The van der Waals surface area contributed by atoms with E-state index in [1.165, 1.54) is 6.21 Å². The van der Waals surface area contributed by atoms with Crippen molar-refractivity contribution in [1.29, 1.82) is 5.41 Å². The Labute approximate surface area is 126 Å². The summed E-state index contributed by atoms with van der Waals surface area (Å²) in [6, 6.07) is 5.55. The molecule has 0 aliphatic carbocycles. The second kappa shape index (κ2) is 6.44. The molecule has 116 valence electrons. The molecule has 1 aromatic carbocycles. The first kappa shape index (κ1) is 15.8. The van der Waals surface area contributed by atoms with Crippen LogP contribution in [-0.4, -0.2) is 50.9 Å². The maximum Gasteiger partial charge on any atom is 0.214 e. The Morgan fingerprint density at radius 3 is 2.52 bits per heavy atom. The number of sulfonamides is 1. The van der Waals surface area contributed by atoms with Gasteiger partial charge in [-0.2, -0.15) is 4.31 Å². The fourth-order valence-corrected chi connectivity index (χ4v) is 4.09. The molecule has 1 aliphatic rings. The summed E-state index contributed by atoms with van der Waals surface area (Å²) in [7, 11) is -3.13. The highest BCUT2D eigenvalue weighted by Crippen LogP contribution is 2.25. The summed E-state index contributed by atoms with van der Waals surface area (Å²) in [6.07, 6.45) is 1.89. The third kappa shape index (κ3) is 3.36. The predicted octanol–water partition coefficient (Wildman–Crippen LogP) is 1.13. The molecule has 3 N–H and O–H groups in total. The lowest BCUT2D eigenvalue weighted by molar-refractivity contribution is 0.384. The zero-order valence-corrected chi connectivity index (χ0v) is 13.1. The second-order valence-corrected chi connectivity index (χ2v) is 7.21. The van der Waals surface area contributed by atoms with Crippen molar-refractivity contribution in [2.45, 2.75) is 13.3 Å². The molecule has 1 fully saturated rings. The number of hydrogen-bond acceptors (Lipinski definition) is 5. The molecule has 1 aliphatic heterocycles. The van der Waals surface area contributed by atoms with E-state index < -0.39 is 10.0 Å². The van der Waals surface area contributed by atoms with Crippen LogP contribution in [0.1, 0.15) is 18.9 Å². The van der Waals surface area contributed by atoms with Crippen LogP contribution < -0.4 is 10.6 Å². The highest BCUT2D eigenvalue weighted by atomic mass is 32.2. The maximum atomic E-state index is 12.1. The number of nitrogen functional groups attached to an aromatic ring is 1. The van der Waals surface area contributed by atoms with Gasteiger partial charge in [-0.05, 0) is 18.6 Å². The van der Waals surface area contributed by atoms with Crippen LogP contribution in [0.3, 0.4) is 0 Å². The molecule has 2 rings (SSSR count). The van der Waals surface area contributed by atoms with Crippen molar-refractivity contribution in [2.24, 2.45) is 0 Å². The van der Waals surface area contributed by atoms with Crippen LogP contribution in [0.15, 0.2) is 18.2 Å². The minimum atomic E-state index is -3.13. The summed E-state index contributed by atoms with van der Waals surface area (Å²) in [5.74, 6) is 0.205. The third-order valence-corrected chi connectivity index (χ3v) is 5.77. The first-order chi connectivity index (χ1) is 9.99. The van der Waals surface area contributed by atoms with Crippen LogP contribution in [0.5, 0.6) is 0 Å². The van der Waals surface area contributed by atoms with Gasteiger partial charge in [0.2, 0.25) is 10.0 Å². The zero-order valence-electron chi connectivity index (χ0n) is 12.2. The summed E-state index contributed by atoms with van der Waals surface area (Å²) >= 11 is 0. The van der Waals surface area contributed by atoms with Gasteiger partial charge < -0.3 is 16.0 Å². The molecule has 0 spiro atoms. The van der Waals surface area contributed by atoms with Gasteiger partial charge in [0, 0.05) is 49.3 Å². The molecule has 6 nitrogen and oxygen atoms in total. The lowest BCUT2D eigenvalue weighted by atomic mass is 10.1. The number of nitrogens with one attached hydrogen (secondary N) is 1. The van der Waals surface area contributed by atoms with E-state index in [1.54, 1.807) is 10.4 Å². The van der Waals surface area contributed by atoms with Crippen molar-refractivity contribution in [3.05, 3.63) is 23.8 Å². The van der Waals surface area contributed by atoms with Crippen molar-refractivity contribution in [3.8, 4) is 0 Å². The topological polar surface area (TPSA) is 90.5 Å². The molecule has 0 bridgehead atoms. The molecule has 0 unspecified atom stereocenters. The number of benzene rings is 1. The van der Waals surface area contributed by atoms with Crippen LogP contribution >= 0.6 is 0 Å². The SMILES string of the molecule is CCCS(=O)(=O)N1CCN(c2cccc(N)c2C=N)CC1. The van der Waals surface area contributed by atoms with Crippen LogP contribution in [0.4, 0.5) is 11.4 Å². The summed E-state index contributed by atoms with van der Waals surface area (Å²) in [5, 5.41) is 7.50. The van der Waals surface area contributed by atoms with Gasteiger partial charge in [0.1, 0.15) is 0 Å². The van der Waals surface area contributed by atoms with Crippen molar-refractivity contribution in [3.63, 3.8) is 0 Å². The highest BCUT2D eigenvalue weighted by molar-refractivity contribution is 7.89. The van der Waals surface area contributed by atoms with Crippen molar-refractivity contribution >= 4 is 27.6 Å². The fourth-order valence-electron chi connectivity index (χ4n) is 2.60. The summed E-state index contributed by atoms with van der Waals surface area (Å²) in [4.78, 5) is 2.09. The van der Waals surface area contributed by atoms with Crippen LogP contribution in [-0.2, 0) is 10.0 Å². The van der Waals surface area contributed by atoms with E-state index in [2.05, 4.69) is 4.90 Å². The molecule has 1 heterocycles. The number of rotatable bonds is 5. The Bertz CT molecular complexity index is 607. The average molecular weight is 310 g/mol. The Morgan fingerprint density at radius 2 is 1.95 bits per heavy atom. The van der Waals surface area contributed by atoms with E-state index in [9.17, 15) is 8.42 Å². The summed E-state index contributed by atoms with van der Waals surface area (Å²) in [6.45, 7) is 4.07. The van der Waals surface area contributed by atoms with Crippen LogP contribution in [0.25, 0.3) is 0 Å². The standard InChI is InChI=1S/C14H22N4O2S/c1-2-10-21(19,20)18-8-6-17(7-9-18)14-5-3-4-13(16)12(14)11-15/h3-5,11,15H,2,6-10,16H2,1H3. The summed E-state index contributed by atoms with van der Waals surface area (Å²) < 4.78 is 25.7. The molecule has 0 aromatic heterocycles. The number of piperazine rings is 1. The normalized spacial score (nSPS) is 16.9. The number of hydrogen-bond donors (Lipinski definition) is 2.